The zero-order valence-electron chi connectivity index (χ0n) is 14.9. The Morgan fingerprint density at radius 2 is 1.88 bits per heavy atom. The largest absolute Gasteiger partial charge is 0.497 e. The molecule has 0 heterocycles. The van der Waals surface area contributed by atoms with Crippen LogP contribution in [0.5, 0.6) is 11.5 Å². The maximum atomic E-state index is 13.9. The molecule has 2 rings (SSSR count). The fourth-order valence-electron chi connectivity index (χ4n) is 2.35. The van der Waals surface area contributed by atoms with Gasteiger partial charge in [0.05, 0.1) is 19.3 Å². The topological polar surface area (TPSA) is 50.8 Å². The van der Waals surface area contributed by atoms with Crippen molar-refractivity contribution >= 4 is 11.7 Å². The first-order chi connectivity index (χ1) is 11.9. The third-order valence-electron chi connectivity index (χ3n) is 3.85. The van der Waals surface area contributed by atoms with Crippen molar-refractivity contribution in [2.75, 3.05) is 32.6 Å². The Balaban J connectivity index is 1.88. The number of anilines is 1. The van der Waals surface area contributed by atoms with Gasteiger partial charge in [-0.05, 0) is 37.1 Å². The Morgan fingerprint density at radius 1 is 1.20 bits per heavy atom. The van der Waals surface area contributed by atoms with Crippen LogP contribution in [0.3, 0.4) is 0 Å². The number of benzene rings is 2. The lowest BCUT2D eigenvalue weighted by Crippen LogP contribution is -2.34. The summed E-state index contributed by atoms with van der Waals surface area (Å²) in [6.45, 7) is 4.68. The van der Waals surface area contributed by atoms with E-state index >= 15 is 0 Å². The first kappa shape index (κ1) is 18.6. The van der Waals surface area contributed by atoms with Crippen molar-refractivity contribution in [1.29, 1.82) is 0 Å². The van der Waals surface area contributed by atoms with Crippen LogP contribution >= 0.6 is 0 Å². The predicted molar refractivity (Wildman–Crippen MR) is 96.0 cm³/mol. The van der Waals surface area contributed by atoms with Crippen LogP contribution in [0.25, 0.3) is 0 Å². The lowest BCUT2D eigenvalue weighted by molar-refractivity contribution is 0.207. The molecule has 25 heavy (non-hydrogen) atoms. The quantitative estimate of drug-likeness (QED) is 0.860. The van der Waals surface area contributed by atoms with Crippen LogP contribution in [-0.4, -0.2) is 38.2 Å². The van der Waals surface area contributed by atoms with Gasteiger partial charge in [-0.15, -0.1) is 0 Å². The number of urea groups is 1. The van der Waals surface area contributed by atoms with Gasteiger partial charge in [0, 0.05) is 13.1 Å². The predicted octanol–water partition coefficient (Wildman–Crippen LogP) is 3.99. The summed E-state index contributed by atoms with van der Waals surface area (Å²) in [6.07, 6.45) is 0. The van der Waals surface area contributed by atoms with E-state index in [9.17, 15) is 9.18 Å². The Labute approximate surface area is 147 Å². The minimum atomic E-state index is -0.548. The summed E-state index contributed by atoms with van der Waals surface area (Å²) in [6, 6.07) is 9.79. The number of hydrogen-bond donors (Lipinski definition) is 1. The van der Waals surface area contributed by atoms with Crippen LogP contribution < -0.4 is 14.8 Å². The molecular weight excluding hydrogens is 323 g/mol. The molecule has 0 aliphatic carbocycles. The SMILES string of the molecule is COc1ccc(NC(=O)N(C)CCOc2c(C)cccc2C)c(F)c1. The van der Waals surface area contributed by atoms with Crippen molar-refractivity contribution in [3.8, 4) is 11.5 Å². The van der Waals surface area contributed by atoms with Crippen molar-refractivity contribution in [1.82, 2.24) is 4.90 Å². The third-order valence-corrected chi connectivity index (χ3v) is 3.85. The fraction of sp³-hybridized carbons (Fsp3) is 0.316. The Hall–Kier alpha value is -2.76. The van der Waals surface area contributed by atoms with Gasteiger partial charge in [-0.1, -0.05) is 18.2 Å². The number of aryl methyl sites for hydroxylation is 2. The summed E-state index contributed by atoms with van der Waals surface area (Å²) in [5.41, 5.74) is 2.20. The molecule has 0 aliphatic rings. The van der Waals surface area contributed by atoms with Gasteiger partial charge in [-0.2, -0.15) is 0 Å². The van der Waals surface area contributed by atoms with Gasteiger partial charge in [-0.25, -0.2) is 9.18 Å². The second kappa shape index (κ2) is 8.37. The van der Waals surface area contributed by atoms with Crippen LogP contribution in [0.2, 0.25) is 0 Å². The summed E-state index contributed by atoms with van der Waals surface area (Å²) < 4.78 is 24.6. The molecule has 1 N–H and O–H groups in total. The summed E-state index contributed by atoms with van der Waals surface area (Å²) in [5.74, 6) is 0.677. The molecule has 0 aromatic heterocycles. The van der Waals surface area contributed by atoms with E-state index in [0.717, 1.165) is 16.9 Å². The number of amides is 2. The van der Waals surface area contributed by atoms with Crippen molar-refractivity contribution < 1.29 is 18.7 Å². The van der Waals surface area contributed by atoms with Crippen molar-refractivity contribution in [2.24, 2.45) is 0 Å². The first-order valence-electron chi connectivity index (χ1n) is 7.97. The zero-order valence-corrected chi connectivity index (χ0v) is 14.9. The van der Waals surface area contributed by atoms with Gasteiger partial charge >= 0.3 is 6.03 Å². The standard InChI is InChI=1S/C19H23FN2O3/c1-13-6-5-7-14(2)18(13)25-11-10-22(3)19(23)21-17-9-8-15(24-4)12-16(17)20/h5-9,12H,10-11H2,1-4H3,(H,21,23). The molecular formula is C19H23FN2O3. The second-order valence-electron chi connectivity index (χ2n) is 5.77. The number of methoxy groups -OCH3 is 1. The molecule has 0 aliphatic heterocycles. The molecule has 0 saturated carbocycles. The van der Waals surface area contributed by atoms with Crippen molar-refractivity contribution in [3.63, 3.8) is 0 Å². The second-order valence-corrected chi connectivity index (χ2v) is 5.77. The zero-order chi connectivity index (χ0) is 18.4. The average Bonchev–Trinajstić information content (AvgIpc) is 2.59. The molecule has 0 bridgehead atoms. The monoisotopic (exact) mass is 346 g/mol. The summed E-state index contributed by atoms with van der Waals surface area (Å²) in [7, 11) is 3.09. The molecule has 2 aromatic rings. The number of rotatable bonds is 6. The lowest BCUT2D eigenvalue weighted by Gasteiger charge is -2.19. The smallest absolute Gasteiger partial charge is 0.321 e. The summed E-state index contributed by atoms with van der Waals surface area (Å²) in [5, 5.41) is 2.53. The third kappa shape index (κ3) is 4.86. The van der Waals surface area contributed by atoms with Gasteiger partial charge in [0.25, 0.3) is 0 Å². The number of nitrogens with one attached hydrogen (secondary N) is 1. The molecule has 2 aromatic carbocycles. The van der Waals surface area contributed by atoms with Gasteiger partial charge in [-0.3, -0.25) is 0 Å². The number of hydrogen-bond acceptors (Lipinski definition) is 3. The molecule has 0 atom stereocenters. The normalized spacial score (nSPS) is 10.3. The maximum absolute atomic E-state index is 13.9. The highest BCUT2D eigenvalue weighted by Gasteiger charge is 2.12. The van der Waals surface area contributed by atoms with E-state index < -0.39 is 11.8 Å². The van der Waals surface area contributed by atoms with Crippen LogP contribution in [0, 0.1) is 19.7 Å². The molecule has 2 amide bonds. The molecule has 5 nitrogen and oxygen atoms in total. The van der Waals surface area contributed by atoms with Crippen LogP contribution in [-0.2, 0) is 0 Å². The summed E-state index contributed by atoms with van der Waals surface area (Å²) >= 11 is 0. The summed E-state index contributed by atoms with van der Waals surface area (Å²) in [4.78, 5) is 13.6. The van der Waals surface area contributed by atoms with E-state index in [0.29, 0.717) is 18.9 Å². The van der Waals surface area contributed by atoms with Crippen LogP contribution in [0.4, 0.5) is 14.9 Å². The Bertz CT molecular complexity index is 729. The van der Waals surface area contributed by atoms with E-state index in [1.807, 2.05) is 32.0 Å². The molecule has 134 valence electrons. The Morgan fingerprint density at radius 3 is 2.48 bits per heavy atom. The first-order valence-corrected chi connectivity index (χ1v) is 7.97. The highest BCUT2D eigenvalue weighted by molar-refractivity contribution is 5.89. The van der Waals surface area contributed by atoms with E-state index in [-0.39, 0.29) is 5.69 Å². The van der Waals surface area contributed by atoms with Gasteiger partial charge in [0.15, 0.2) is 0 Å². The maximum Gasteiger partial charge on any atom is 0.321 e. The lowest BCUT2D eigenvalue weighted by atomic mass is 10.1. The molecule has 0 fully saturated rings. The molecule has 0 unspecified atom stereocenters. The van der Waals surface area contributed by atoms with E-state index in [2.05, 4.69) is 5.32 Å². The van der Waals surface area contributed by atoms with Crippen LogP contribution in [0.15, 0.2) is 36.4 Å². The van der Waals surface area contributed by atoms with Gasteiger partial charge in [0.1, 0.15) is 23.9 Å². The van der Waals surface area contributed by atoms with Crippen LogP contribution in [0.1, 0.15) is 11.1 Å². The Kier molecular flexibility index (Phi) is 6.22. The van der Waals surface area contributed by atoms with E-state index in [4.69, 9.17) is 9.47 Å². The number of nitrogens with zero attached hydrogens (tertiary/aromatic N) is 1. The molecule has 0 saturated heterocycles. The number of ether oxygens (including phenoxy) is 2. The van der Waals surface area contributed by atoms with E-state index in [1.54, 1.807) is 13.1 Å². The number of carbonyl (C=O) groups excluding carboxylic acids is 1. The number of para-hydroxylation sites is 1. The van der Waals surface area contributed by atoms with Gasteiger partial charge < -0.3 is 19.7 Å². The van der Waals surface area contributed by atoms with Gasteiger partial charge in [0.2, 0.25) is 0 Å². The number of carbonyl (C=O) groups is 1. The number of halogens is 1. The average molecular weight is 346 g/mol. The molecule has 0 spiro atoms. The van der Waals surface area contributed by atoms with Crippen molar-refractivity contribution in [3.05, 3.63) is 53.3 Å². The molecule has 6 heteroatoms. The fourth-order valence-corrected chi connectivity index (χ4v) is 2.35. The molecule has 0 radical (unpaired) electrons. The van der Waals surface area contributed by atoms with Crippen molar-refractivity contribution in [2.45, 2.75) is 13.8 Å². The minimum absolute atomic E-state index is 0.105. The highest BCUT2D eigenvalue weighted by Crippen LogP contribution is 2.22. The number of likely N-dealkylation sites (N-methyl/N-ethyl adjacent to an activating group) is 1. The minimum Gasteiger partial charge on any atom is -0.497 e. The van der Waals surface area contributed by atoms with E-state index in [1.165, 1.54) is 24.1 Å². The highest BCUT2D eigenvalue weighted by atomic mass is 19.1.